The van der Waals surface area contributed by atoms with Crippen molar-refractivity contribution in [2.24, 2.45) is 0 Å². The summed E-state index contributed by atoms with van der Waals surface area (Å²) >= 11 is 7.66. The molecule has 19 heavy (non-hydrogen) atoms. The van der Waals surface area contributed by atoms with E-state index < -0.39 is 0 Å². The van der Waals surface area contributed by atoms with E-state index in [0.29, 0.717) is 12.3 Å². The smallest absolute Gasteiger partial charge is 0.254 e. The highest BCUT2D eigenvalue weighted by molar-refractivity contribution is 7.98. The first-order valence-electron chi connectivity index (χ1n) is 6.06. The van der Waals surface area contributed by atoms with E-state index in [9.17, 15) is 4.79 Å². The molecule has 0 aliphatic carbocycles. The van der Waals surface area contributed by atoms with E-state index in [1.54, 1.807) is 10.6 Å². The van der Waals surface area contributed by atoms with Crippen LogP contribution in [-0.2, 0) is 12.3 Å². The largest absolute Gasteiger partial charge is 0.288 e. The summed E-state index contributed by atoms with van der Waals surface area (Å²) in [5.41, 5.74) is 1.79. The van der Waals surface area contributed by atoms with Crippen LogP contribution in [0.1, 0.15) is 18.2 Å². The standard InChI is InChI=1S/C14H15ClN2OS/c1-3-17-13(18)8-10(2)16-14(17)19-9-11-6-4-5-7-12(11)15/h4-8H,3,9H2,1-2H3. The molecule has 1 aromatic heterocycles. The molecule has 0 aliphatic rings. The second-order valence-electron chi connectivity index (χ2n) is 4.14. The van der Waals surface area contributed by atoms with Gasteiger partial charge in [-0.05, 0) is 25.5 Å². The third-order valence-corrected chi connectivity index (χ3v) is 4.13. The van der Waals surface area contributed by atoms with Crippen LogP contribution < -0.4 is 5.56 Å². The number of nitrogens with zero attached hydrogens (tertiary/aromatic N) is 2. The Morgan fingerprint density at radius 3 is 2.79 bits per heavy atom. The summed E-state index contributed by atoms with van der Waals surface area (Å²) in [6.45, 7) is 4.40. The van der Waals surface area contributed by atoms with E-state index in [-0.39, 0.29) is 5.56 Å². The SMILES string of the molecule is CCn1c(SCc2ccccc2Cl)nc(C)cc1=O. The molecule has 0 unspecified atom stereocenters. The van der Waals surface area contributed by atoms with Crippen LogP contribution in [0.4, 0.5) is 0 Å². The van der Waals surface area contributed by atoms with Crippen molar-refractivity contribution in [2.45, 2.75) is 31.3 Å². The van der Waals surface area contributed by atoms with E-state index in [2.05, 4.69) is 4.98 Å². The molecule has 1 heterocycles. The van der Waals surface area contributed by atoms with Crippen molar-refractivity contribution in [3.05, 3.63) is 57.0 Å². The number of benzene rings is 1. The van der Waals surface area contributed by atoms with Crippen LogP contribution in [0.2, 0.25) is 5.02 Å². The predicted molar refractivity (Wildman–Crippen MR) is 79.9 cm³/mol. The van der Waals surface area contributed by atoms with Gasteiger partial charge in [-0.15, -0.1) is 0 Å². The average Bonchev–Trinajstić information content (AvgIpc) is 2.37. The summed E-state index contributed by atoms with van der Waals surface area (Å²) in [5.74, 6) is 0.704. The van der Waals surface area contributed by atoms with Gasteiger partial charge in [0.25, 0.3) is 5.56 Å². The normalized spacial score (nSPS) is 10.7. The Morgan fingerprint density at radius 1 is 1.37 bits per heavy atom. The number of hydrogen-bond acceptors (Lipinski definition) is 3. The van der Waals surface area contributed by atoms with E-state index in [1.807, 2.05) is 38.1 Å². The van der Waals surface area contributed by atoms with Gasteiger partial charge in [0.1, 0.15) is 0 Å². The van der Waals surface area contributed by atoms with Gasteiger partial charge in [-0.25, -0.2) is 4.98 Å². The van der Waals surface area contributed by atoms with E-state index in [1.165, 1.54) is 11.8 Å². The van der Waals surface area contributed by atoms with Crippen molar-refractivity contribution in [3.8, 4) is 0 Å². The maximum Gasteiger partial charge on any atom is 0.254 e. The molecule has 2 rings (SSSR count). The molecule has 0 atom stereocenters. The van der Waals surface area contributed by atoms with Gasteiger partial charge in [-0.3, -0.25) is 9.36 Å². The van der Waals surface area contributed by atoms with Crippen LogP contribution in [0, 0.1) is 6.92 Å². The zero-order chi connectivity index (χ0) is 13.8. The molecule has 3 nitrogen and oxygen atoms in total. The summed E-state index contributed by atoms with van der Waals surface area (Å²) in [6.07, 6.45) is 0. The van der Waals surface area contributed by atoms with Gasteiger partial charge in [0.05, 0.1) is 0 Å². The average molecular weight is 295 g/mol. The molecule has 0 radical (unpaired) electrons. The molecule has 2 aromatic rings. The van der Waals surface area contributed by atoms with Crippen molar-refractivity contribution >= 4 is 23.4 Å². The van der Waals surface area contributed by atoms with Gasteiger partial charge in [0, 0.05) is 29.1 Å². The lowest BCUT2D eigenvalue weighted by molar-refractivity contribution is 0.617. The second kappa shape index (κ2) is 6.26. The quantitative estimate of drug-likeness (QED) is 0.639. The third kappa shape index (κ3) is 3.39. The highest BCUT2D eigenvalue weighted by Crippen LogP contribution is 2.24. The van der Waals surface area contributed by atoms with Gasteiger partial charge in [0.15, 0.2) is 5.16 Å². The highest BCUT2D eigenvalue weighted by atomic mass is 35.5. The molecule has 0 saturated carbocycles. The Labute approximate surface area is 121 Å². The molecular weight excluding hydrogens is 280 g/mol. The topological polar surface area (TPSA) is 34.9 Å². The van der Waals surface area contributed by atoms with Gasteiger partial charge in [0.2, 0.25) is 0 Å². The van der Waals surface area contributed by atoms with Crippen molar-refractivity contribution in [1.29, 1.82) is 0 Å². The molecule has 0 bridgehead atoms. The molecule has 0 saturated heterocycles. The van der Waals surface area contributed by atoms with Crippen LogP contribution in [0.3, 0.4) is 0 Å². The Balaban J connectivity index is 2.25. The van der Waals surface area contributed by atoms with Gasteiger partial charge in [-0.2, -0.15) is 0 Å². The van der Waals surface area contributed by atoms with Crippen LogP contribution >= 0.6 is 23.4 Å². The van der Waals surface area contributed by atoms with Gasteiger partial charge < -0.3 is 0 Å². The first-order chi connectivity index (χ1) is 9.11. The summed E-state index contributed by atoms with van der Waals surface area (Å²) in [6, 6.07) is 9.28. The molecule has 0 fully saturated rings. The number of halogens is 1. The van der Waals surface area contributed by atoms with Crippen molar-refractivity contribution < 1.29 is 0 Å². The van der Waals surface area contributed by atoms with Crippen LogP contribution in [-0.4, -0.2) is 9.55 Å². The molecule has 1 aromatic carbocycles. The predicted octanol–water partition coefficient (Wildman–Crippen LogP) is 3.52. The third-order valence-electron chi connectivity index (χ3n) is 2.73. The van der Waals surface area contributed by atoms with E-state index in [0.717, 1.165) is 21.4 Å². The fourth-order valence-electron chi connectivity index (χ4n) is 1.75. The van der Waals surface area contributed by atoms with Gasteiger partial charge >= 0.3 is 0 Å². The first-order valence-corrected chi connectivity index (χ1v) is 7.43. The molecular formula is C14H15ClN2OS. The van der Waals surface area contributed by atoms with E-state index >= 15 is 0 Å². The Morgan fingerprint density at radius 2 is 2.11 bits per heavy atom. The first kappa shape index (κ1) is 14.2. The number of rotatable bonds is 4. The van der Waals surface area contributed by atoms with Crippen LogP contribution in [0.5, 0.6) is 0 Å². The lowest BCUT2D eigenvalue weighted by atomic mass is 10.2. The minimum absolute atomic E-state index is 0.00309. The van der Waals surface area contributed by atoms with Crippen LogP contribution in [0.15, 0.2) is 40.3 Å². The van der Waals surface area contributed by atoms with E-state index in [4.69, 9.17) is 11.6 Å². The molecule has 0 amide bonds. The lowest BCUT2D eigenvalue weighted by Gasteiger charge is -2.10. The fourth-order valence-corrected chi connectivity index (χ4v) is 3.15. The summed E-state index contributed by atoms with van der Waals surface area (Å²) in [5, 5.41) is 1.49. The van der Waals surface area contributed by atoms with Crippen LogP contribution in [0.25, 0.3) is 0 Å². The lowest BCUT2D eigenvalue weighted by Crippen LogP contribution is -2.21. The maximum absolute atomic E-state index is 11.9. The Bertz CT molecular complexity index is 640. The van der Waals surface area contributed by atoms with Crippen molar-refractivity contribution in [1.82, 2.24) is 9.55 Å². The number of thioether (sulfide) groups is 1. The minimum atomic E-state index is -0.00309. The molecule has 0 aliphatic heterocycles. The molecule has 0 spiro atoms. The molecule has 5 heteroatoms. The number of aromatic nitrogens is 2. The Hall–Kier alpha value is -1.26. The van der Waals surface area contributed by atoms with Crippen molar-refractivity contribution in [2.75, 3.05) is 0 Å². The minimum Gasteiger partial charge on any atom is -0.288 e. The fraction of sp³-hybridized carbons (Fsp3) is 0.286. The summed E-state index contributed by atoms with van der Waals surface area (Å²) < 4.78 is 1.68. The van der Waals surface area contributed by atoms with Gasteiger partial charge in [-0.1, -0.05) is 41.6 Å². The summed E-state index contributed by atoms with van der Waals surface area (Å²) in [4.78, 5) is 16.3. The maximum atomic E-state index is 11.9. The highest BCUT2D eigenvalue weighted by Gasteiger charge is 2.08. The number of hydrogen-bond donors (Lipinski definition) is 0. The Kier molecular flexibility index (Phi) is 4.66. The molecule has 100 valence electrons. The second-order valence-corrected chi connectivity index (χ2v) is 5.49. The number of aryl methyl sites for hydroxylation is 1. The van der Waals surface area contributed by atoms with Crippen molar-refractivity contribution in [3.63, 3.8) is 0 Å². The zero-order valence-electron chi connectivity index (χ0n) is 10.9. The summed E-state index contributed by atoms with van der Waals surface area (Å²) in [7, 11) is 0. The zero-order valence-corrected chi connectivity index (χ0v) is 12.5. The monoisotopic (exact) mass is 294 g/mol. The molecule has 0 N–H and O–H groups in total.